The quantitative estimate of drug-likeness (QED) is 0.0982. The number of carboxylic acids is 1. The van der Waals surface area contributed by atoms with Crippen LogP contribution in [0.4, 0.5) is 0 Å². The number of nitrogens with zero attached hydrogens (tertiary/aromatic N) is 1. The molecule has 0 aliphatic carbocycles. The predicted molar refractivity (Wildman–Crippen MR) is 141 cm³/mol. The number of rotatable bonds is 15. The number of nitrogens with two attached hydrogens (primary N) is 2. The minimum Gasteiger partial charge on any atom is -0.480 e. The molecule has 4 atom stereocenters. The van der Waals surface area contributed by atoms with Gasteiger partial charge in [-0.1, -0.05) is 18.2 Å². The molecule has 15 nitrogen and oxygen atoms in total. The lowest BCUT2D eigenvalue weighted by molar-refractivity contribution is -0.142. The van der Waals surface area contributed by atoms with Crippen molar-refractivity contribution >= 4 is 40.5 Å². The van der Waals surface area contributed by atoms with Gasteiger partial charge in [0.15, 0.2) is 0 Å². The average molecular weight is 557 g/mol. The van der Waals surface area contributed by atoms with Gasteiger partial charge in [-0.25, -0.2) is 9.78 Å². The van der Waals surface area contributed by atoms with Gasteiger partial charge < -0.3 is 47.6 Å². The number of para-hydroxylation sites is 1. The highest BCUT2D eigenvalue weighted by molar-refractivity contribution is 5.94. The maximum absolute atomic E-state index is 13.0. The van der Waals surface area contributed by atoms with E-state index in [4.69, 9.17) is 11.5 Å². The van der Waals surface area contributed by atoms with Crippen molar-refractivity contribution in [1.29, 1.82) is 0 Å². The van der Waals surface area contributed by atoms with Gasteiger partial charge in [0.1, 0.15) is 18.1 Å². The van der Waals surface area contributed by atoms with Gasteiger partial charge in [-0.2, -0.15) is 0 Å². The molecule has 3 rings (SSSR count). The summed E-state index contributed by atoms with van der Waals surface area (Å²) in [5.41, 5.74) is 13.4. The SMILES string of the molecule is NC(=O)CCC(NC(=O)C(N)Cc1c[nH]c2ccccc12)C(=O)NC(CO)C(=O)NC(Cc1cnc[nH]1)C(=O)O. The molecule has 1 aromatic carbocycles. The Morgan fingerprint density at radius 3 is 2.25 bits per heavy atom. The number of hydrogen-bond donors (Lipinski definition) is 9. The molecular formula is C25H32N8O7. The van der Waals surface area contributed by atoms with Crippen LogP contribution in [0.3, 0.4) is 0 Å². The van der Waals surface area contributed by atoms with Crippen LogP contribution < -0.4 is 27.4 Å². The number of imidazole rings is 1. The Bertz CT molecular complexity index is 1340. The molecule has 0 bridgehead atoms. The van der Waals surface area contributed by atoms with Gasteiger partial charge in [0.25, 0.3) is 0 Å². The van der Waals surface area contributed by atoms with Gasteiger partial charge in [-0.15, -0.1) is 0 Å². The summed E-state index contributed by atoms with van der Waals surface area (Å²) >= 11 is 0. The zero-order valence-corrected chi connectivity index (χ0v) is 21.4. The molecule has 0 aliphatic heterocycles. The molecule has 0 aliphatic rings. The molecule has 0 radical (unpaired) electrons. The molecule has 0 fully saturated rings. The molecular weight excluding hydrogens is 524 g/mol. The van der Waals surface area contributed by atoms with E-state index in [0.717, 1.165) is 16.5 Å². The maximum Gasteiger partial charge on any atom is 0.326 e. The van der Waals surface area contributed by atoms with E-state index in [-0.39, 0.29) is 25.7 Å². The first-order valence-corrected chi connectivity index (χ1v) is 12.4. The number of carbonyl (C=O) groups excluding carboxylic acids is 4. The second kappa shape index (κ2) is 13.9. The second-order valence-electron chi connectivity index (χ2n) is 9.16. The topological polar surface area (TPSA) is 258 Å². The summed E-state index contributed by atoms with van der Waals surface area (Å²) in [4.78, 5) is 71.2. The van der Waals surface area contributed by atoms with Crippen molar-refractivity contribution in [1.82, 2.24) is 30.9 Å². The predicted octanol–water partition coefficient (Wildman–Crippen LogP) is -2.20. The minimum absolute atomic E-state index is 0.126. The van der Waals surface area contributed by atoms with Crippen molar-refractivity contribution in [2.75, 3.05) is 6.61 Å². The number of fused-ring (bicyclic) bond motifs is 1. The van der Waals surface area contributed by atoms with Crippen LogP contribution in [0, 0.1) is 0 Å². The Morgan fingerprint density at radius 1 is 0.925 bits per heavy atom. The molecule has 4 amide bonds. The number of amides is 4. The molecule has 214 valence electrons. The molecule has 0 spiro atoms. The van der Waals surface area contributed by atoms with Crippen molar-refractivity contribution < 1.29 is 34.2 Å². The van der Waals surface area contributed by atoms with E-state index in [1.54, 1.807) is 6.20 Å². The number of aromatic nitrogens is 3. The van der Waals surface area contributed by atoms with Crippen molar-refractivity contribution in [3.8, 4) is 0 Å². The number of aromatic amines is 2. The lowest BCUT2D eigenvalue weighted by atomic mass is 10.0. The fraction of sp³-hybridized carbons (Fsp3) is 0.360. The first kappa shape index (κ1) is 29.8. The standard InChI is InChI=1S/C25H32N8O7/c26-16(7-13-9-29-17-4-2-1-3-15(13)17)22(36)31-18(5-6-21(27)35)23(37)33-20(11-34)24(38)32-19(25(39)40)8-14-10-28-12-30-14/h1-4,9-10,12,16,18-20,29,34H,5-8,11,26H2,(H2,27,35)(H,28,30)(H,31,36)(H,32,38)(H,33,37)(H,39,40). The zero-order chi connectivity index (χ0) is 29.2. The third kappa shape index (κ3) is 8.12. The Kier molecular flexibility index (Phi) is 10.3. The number of aliphatic hydroxyl groups excluding tert-OH is 1. The van der Waals surface area contributed by atoms with Gasteiger partial charge >= 0.3 is 5.97 Å². The van der Waals surface area contributed by atoms with E-state index < -0.39 is 60.4 Å². The number of aliphatic carboxylic acids is 1. The van der Waals surface area contributed by atoms with Gasteiger partial charge in [0.2, 0.25) is 23.6 Å². The van der Waals surface area contributed by atoms with E-state index in [2.05, 4.69) is 30.9 Å². The summed E-state index contributed by atoms with van der Waals surface area (Å²) in [5.74, 6) is -4.64. The molecule has 4 unspecified atom stereocenters. The summed E-state index contributed by atoms with van der Waals surface area (Å²) in [5, 5.41) is 27.1. The molecule has 0 saturated carbocycles. The monoisotopic (exact) mass is 556 g/mol. The number of nitrogens with one attached hydrogen (secondary N) is 5. The smallest absolute Gasteiger partial charge is 0.326 e. The van der Waals surface area contributed by atoms with Crippen LogP contribution in [-0.4, -0.2) is 85.5 Å². The largest absolute Gasteiger partial charge is 0.480 e. The molecule has 11 N–H and O–H groups in total. The minimum atomic E-state index is -1.55. The molecule has 0 saturated heterocycles. The third-order valence-electron chi connectivity index (χ3n) is 6.17. The first-order chi connectivity index (χ1) is 19.1. The lowest BCUT2D eigenvalue weighted by Gasteiger charge is -2.24. The number of H-pyrrole nitrogens is 2. The summed E-state index contributed by atoms with van der Waals surface area (Å²) in [6.07, 6.45) is 4.02. The van der Waals surface area contributed by atoms with Gasteiger partial charge in [0, 0.05) is 41.8 Å². The highest BCUT2D eigenvalue weighted by atomic mass is 16.4. The van der Waals surface area contributed by atoms with Crippen LogP contribution in [0.1, 0.15) is 24.1 Å². The molecule has 2 aromatic heterocycles. The number of benzene rings is 1. The van der Waals surface area contributed by atoms with Crippen LogP contribution in [-0.2, 0) is 36.8 Å². The number of hydrogen-bond acceptors (Lipinski definition) is 8. The maximum atomic E-state index is 13.0. The fourth-order valence-corrected chi connectivity index (χ4v) is 4.02. The Hall–Kier alpha value is -4.76. The van der Waals surface area contributed by atoms with Crippen LogP contribution in [0.15, 0.2) is 43.0 Å². The summed E-state index contributed by atoms with van der Waals surface area (Å²) < 4.78 is 0. The van der Waals surface area contributed by atoms with Crippen molar-refractivity contribution in [3.05, 3.63) is 54.2 Å². The van der Waals surface area contributed by atoms with Crippen LogP contribution in [0.5, 0.6) is 0 Å². The van der Waals surface area contributed by atoms with E-state index in [1.165, 1.54) is 12.5 Å². The van der Waals surface area contributed by atoms with Crippen LogP contribution in [0.25, 0.3) is 10.9 Å². The van der Waals surface area contributed by atoms with Crippen LogP contribution in [0.2, 0.25) is 0 Å². The average Bonchev–Trinajstić information content (AvgIpc) is 3.58. The van der Waals surface area contributed by atoms with Crippen molar-refractivity contribution in [3.63, 3.8) is 0 Å². The second-order valence-corrected chi connectivity index (χ2v) is 9.16. The van der Waals surface area contributed by atoms with Gasteiger partial charge in [-0.05, 0) is 24.5 Å². The van der Waals surface area contributed by atoms with Crippen molar-refractivity contribution in [2.45, 2.75) is 49.9 Å². The highest BCUT2D eigenvalue weighted by Crippen LogP contribution is 2.18. The molecule has 2 heterocycles. The molecule has 40 heavy (non-hydrogen) atoms. The summed E-state index contributed by atoms with van der Waals surface area (Å²) in [6, 6.07) is 2.14. The van der Waals surface area contributed by atoms with Gasteiger partial charge in [0.05, 0.1) is 19.0 Å². The lowest BCUT2D eigenvalue weighted by Crippen LogP contribution is -2.58. The number of primary amides is 1. The van der Waals surface area contributed by atoms with Gasteiger partial charge in [-0.3, -0.25) is 19.2 Å². The normalized spacial score (nSPS) is 14.1. The Balaban J connectivity index is 1.65. The first-order valence-electron chi connectivity index (χ1n) is 12.4. The Labute approximate surface area is 228 Å². The third-order valence-corrected chi connectivity index (χ3v) is 6.17. The van der Waals surface area contributed by atoms with E-state index in [1.807, 2.05) is 24.3 Å². The highest BCUT2D eigenvalue weighted by Gasteiger charge is 2.30. The van der Waals surface area contributed by atoms with Crippen LogP contribution >= 0.6 is 0 Å². The number of aliphatic hydroxyl groups is 1. The fourth-order valence-electron chi connectivity index (χ4n) is 4.02. The summed E-state index contributed by atoms with van der Waals surface area (Å²) in [7, 11) is 0. The van der Waals surface area contributed by atoms with E-state index in [9.17, 15) is 34.2 Å². The van der Waals surface area contributed by atoms with E-state index >= 15 is 0 Å². The number of carboxylic acid groups (broad SMARTS) is 1. The van der Waals surface area contributed by atoms with Crippen molar-refractivity contribution in [2.24, 2.45) is 11.5 Å². The zero-order valence-electron chi connectivity index (χ0n) is 21.4. The summed E-state index contributed by atoms with van der Waals surface area (Å²) in [6.45, 7) is -0.871. The Morgan fingerprint density at radius 2 is 1.60 bits per heavy atom. The van der Waals surface area contributed by atoms with E-state index in [0.29, 0.717) is 5.69 Å². The molecule has 15 heteroatoms. The molecule has 3 aromatic rings. The number of carbonyl (C=O) groups is 5.